The van der Waals surface area contributed by atoms with Crippen molar-refractivity contribution < 1.29 is 19.2 Å². The van der Waals surface area contributed by atoms with Gasteiger partial charge in [-0.3, -0.25) is 9.59 Å². The van der Waals surface area contributed by atoms with E-state index >= 15 is 0 Å². The number of piperidine rings is 1. The first-order valence-corrected chi connectivity index (χ1v) is 9.17. The summed E-state index contributed by atoms with van der Waals surface area (Å²) in [6, 6.07) is 1.73. The van der Waals surface area contributed by atoms with Gasteiger partial charge in [0.25, 0.3) is 0 Å². The van der Waals surface area contributed by atoms with Gasteiger partial charge in [-0.15, -0.1) is 0 Å². The molecule has 2 aromatic rings. The van der Waals surface area contributed by atoms with E-state index in [1.54, 1.807) is 4.90 Å². The Kier molecular flexibility index (Phi) is 5.53. The first-order valence-electron chi connectivity index (χ1n) is 9.17. The molecular weight excluding hydrogens is 348 g/mol. The molecular formula is C19H24N4O4. The third-order valence-electron chi connectivity index (χ3n) is 4.85. The van der Waals surface area contributed by atoms with Crippen LogP contribution in [0.2, 0.25) is 0 Å². The van der Waals surface area contributed by atoms with Crippen LogP contribution in [-0.4, -0.2) is 43.6 Å². The lowest BCUT2D eigenvalue weighted by atomic mass is 9.97. The van der Waals surface area contributed by atoms with Crippen LogP contribution in [0.15, 0.2) is 10.6 Å². The smallest absolute Gasteiger partial charge is 0.303 e. The summed E-state index contributed by atoms with van der Waals surface area (Å²) in [7, 11) is 0. The van der Waals surface area contributed by atoms with E-state index in [4.69, 9.17) is 14.6 Å². The van der Waals surface area contributed by atoms with Crippen molar-refractivity contribution in [1.82, 2.24) is 20.0 Å². The molecule has 1 N–H and O–H groups in total. The predicted octanol–water partition coefficient (Wildman–Crippen LogP) is 2.98. The summed E-state index contributed by atoms with van der Waals surface area (Å²) in [5.74, 6) is 0.0968. The number of amides is 1. The SMILES string of the molecule is Cc1cc(C2CCCCN2C(=O)CCC(=O)O)nc(-c2c(C)noc2C)n1. The van der Waals surface area contributed by atoms with Gasteiger partial charge in [-0.2, -0.15) is 0 Å². The lowest BCUT2D eigenvalue weighted by Crippen LogP contribution is -2.39. The number of rotatable bonds is 5. The molecule has 1 aliphatic heterocycles. The van der Waals surface area contributed by atoms with Crippen molar-refractivity contribution in [1.29, 1.82) is 0 Å². The van der Waals surface area contributed by atoms with Gasteiger partial charge in [-0.05, 0) is 46.1 Å². The molecule has 3 heterocycles. The normalized spacial score (nSPS) is 17.1. The Morgan fingerprint density at radius 3 is 2.67 bits per heavy atom. The molecule has 1 unspecified atom stereocenters. The van der Waals surface area contributed by atoms with Crippen LogP contribution in [0.4, 0.5) is 0 Å². The van der Waals surface area contributed by atoms with Crippen molar-refractivity contribution in [3.63, 3.8) is 0 Å². The fourth-order valence-electron chi connectivity index (χ4n) is 3.57. The zero-order valence-corrected chi connectivity index (χ0v) is 15.9. The average Bonchev–Trinajstić information content (AvgIpc) is 2.97. The first-order chi connectivity index (χ1) is 12.9. The molecule has 8 nitrogen and oxygen atoms in total. The molecule has 1 amide bonds. The number of aromatic nitrogens is 3. The molecule has 2 aromatic heterocycles. The van der Waals surface area contributed by atoms with E-state index < -0.39 is 5.97 Å². The molecule has 0 bridgehead atoms. The second-order valence-electron chi connectivity index (χ2n) is 6.95. The van der Waals surface area contributed by atoms with Crippen LogP contribution in [0.1, 0.15) is 61.0 Å². The van der Waals surface area contributed by atoms with Gasteiger partial charge in [0.2, 0.25) is 5.91 Å². The van der Waals surface area contributed by atoms with Crippen LogP contribution < -0.4 is 0 Å². The summed E-state index contributed by atoms with van der Waals surface area (Å²) in [4.78, 5) is 34.4. The molecule has 0 saturated carbocycles. The Morgan fingerprint density at radius 2 is 2.00 bits per heavy atom. The number of aliphatic carboxylic acids is 1. The number of aryl methyl sites for hydroxylation is 3. The van der Waals surface area contributed by atoms with E-state index in [-0.39, 0.29) is 24.8 Å². The molecule has 0 aliphatic carbocycles. The Balaban J connectivity index is 1.93. The van der Waals surface area contributed by atoms with Crippen molar-refractivity contribution in [3.05, 3.63) is 28.9 Å². The molecule has 1 atom stereocenters. The first kappa shape index (κ1) is 19.0. The highest BCUT2D eigenvalue weighted by Gasteiger charge is 2.30. The van der Waals surface area contributed by atoms with Gasteiger partial charge in [0.1, 0.15) is 5.76 Å². The molecule has 144 valence electrons. The van der Waals surface area contributed by atoms with Crippen molar-refractivity contribution >= 4 is 11.9 Å². The number of carboxylic acids is 1. The van der Waals surface area contributed by atoms with Crippen molar-refractivity contribution in [2.75, 3.05) is 6.54 Å². The number of carbonyl (C=O) groups is 2. The molecule has 8 heteroatoms. The van der Waals surface area contributed by atoms with Gasteiger partial charge >= 0.3 is 5.97 Å². The number of hydrogen-bond donors (Lipinski definition) is 1. The molecule has 1 saturated heterocycles. The van der Waals surface area contributed by atoms with Gasteiger partial charge in [-0.25, -0.2) is 9.97 Å². The van der Waals surface area contributed by atoms with Crippen molar-refractivity contribution in [2.24, 2.45) is 0 Å². The van der Waals surface area contributed by atoms with Crippen molar-refractivity contribution in [2.45, 2.75) is 58.9 Å². The Morgan fingerprint density at radius 1 is 1.22 bits per heavy atom. The van der Waals surface area contributed by atoms with Crippen LogP contribution >= 0.6 is 0 Å². The molecule has 0 aromatic carbocycles. The largest absolute Gasteiger partial charge is 0.481 e. The van der Waals surface area contributed by atoms with E-state index in [9.17, 15) is 9.59 Å². The quantitative estimate of drug-likeness (QED) is 0.859. The maximum atomic E-state index is 12.6. The predicted molar refractivity (Wildman–Crippen MR) is 96.9 cm³/mol. The van der Waals surface area contributed by atoms with Crippen LogP contribution in [0.3, 0.4) is 0 Å². The van der Waals surface area contributed by atoms with E-state index in [1.165, 1.54) is 0 Å². The summed E-state index contributed by atoms with van der Waals surface area (Å²) >= 11 is 0. The third-order valence-corrected chi connectivity index (χ3v) is 4.85. The van der Waals surface area contributed by atoms with Gasteiger partial charge in [0.15, 0.2) is 5.82 Å². The Bertz CT molecular complexity index is 842. The number of carbonyl (C=O) groups excluding carboxylic acids is 1. The molecule has 0 spiro atoms. The maximum absolute atomic E-state index is 12.6. The van der Waals surface area contributed by atoms with Gasteiger partial charge in [0, 0.05) is 18.7 Å². The van der Waals surface area contributed by atoms with E-state index in [0.717, 1.165) is 41.9 Å². The number of hydrogen-bond acceptors (Lipinski definition) is 6. The summed E-state index contributed by atoms with van der Waals surface area (Å²) in [6.07, 6.45) is 2.56. The summed E-state index contributed by atoms with van der Waals surface area (Å²) in [5, 5.41) is 12.8. The number of nitrogens with zero attached hydrogens (tertiary/aromatic N) is 4. The molecule has 1 fully saturated rings. The van der Waals surface area contributed by atoms with E-state index in [0.29, 0.717) is 18.1 Å². The summed E-state index contributed by atoms with van der Waals surface area (Å²) in [5.41, 5.74) is 3.08. The van der Waals surface area contributed by atoms with Crippen LogP contribution in [0, 0.1) is 20.8 Å². The topological polar surface area (TPSA) is 109 Å². The maximum Gasteiger partial charge on any atom is 0.303 e. The van der Waals surface area contributed by atoms with Crippen molar-refractivity contribution in [3.8, 4) is 11.4 Å². The van der Waals surface area contributed by atoms with E-state index in [2.05, 4.69) is 10.1 Å². The average molecular weight is 372 g/mol. The second-order valence-corrected chi connectivity index (χ2v) is 6.95. The minimum Gasteiger partial charge on any atom is -0.481 e. The lowest BCUT2D eigenvalue weighted by molar-refractivity contribution is -0.142. The highest BCUT2D eigenvalue weighted by Crippen LogP contribution is 2.32. The highest BCUT2D eigenvalue weighted by atomic mass is 16.5. The van der Waals surface area contributed by atoms with Crippen LogP contribution in [-0.2, 0) is 9.59 Å². The van der Waals surface area contributed by atoms with Crippen LogP contribution in [0.25, 0.3) is 11.4 Å². The van der Waals surface area contributed by atoms with Gasteiger partial charge < -0.3 is 14.5 Å². The Labute approximate surface area is 157 Å². The second kappa shape index (κ2) is 7.85. The molecule has 27 heavy (non-hydrogen) atoms. The monoisotopic (exact) mass is 372 g/mol. The standard InChI is InChI=1S/C19H24N4O4/c1-11-10-14(21-19(20-11)18-12(2)22-27-13(18)3)15-6-4-5-9-23(15)16(24)7-8-17(25)26/h10,15H,4-9H2,1-3H3,(H,25,26). The zero-order chi connectivity index (χ0) is 19.6. The zero-order valence-electron chi connectivity index (χ0n) is 15.9. The molecule has 1 aliphatic rings. The van der Waals surface area contributed by atoms with E-state index in [1.807, 2.05) is 26.8 Å². The lowest BCUT2D eigenvalue weighted by Gasteiger charge is -2.35. The highest BCUT2D eigenvalue weighted by molar-refractivity contribution is 5.81. The molecule has 3 rings (SSSR count). The third kappa shape index (κ3) is 4.15. The summed E-state index contributed by atoms with van der Waals surface area (Å²) < 4.78 is 5.24. The minimum atomic E-state index is -0.963. The van der Waals surface area contributed by atoms with Gasteiger partial charge in [-0.1, -0.05) is 5.16 Å². The molecule has 0 radical (unpaired) electrons. The number of likely N-dealkylation sites (tertiary alicyclic amines) is 1. The summed E-state index contributed by atoms with van der Waals surface area (Å²) in [6.45, 7) is 6.18. The Hall–Kier alpha value is -2.77. The number of carboxylic acid groups (broad SMARTS) is 1. The minimum absolute atomic E-state index is 0.00657. The fraction of sp³-hybridized carbons (Fsp3) is 0.526. The van der Waals surface area contributed by atoms with Gasteiger partial charge in [0.05, 0.1) is 29.4 Å². The fourth-order valence-corrected chi connectivity index (χ4v) is 3.57. The van der Waals surface area contributed by atoms with Crippen LogP contribution in [0.5, 0.6) is 0 Å².